The lowest BCUT2D eigenvalue weighted by molar-refractivity contribution is -0.126. The number of amides is 1. The van der Waals surface area contributed by atoms with Crippen LogP contribution in [0.2, 0.25) is 0 Å². The standard InChI is InChI=1S/C16H24N2O/c1-3-16(4-2,14-8-6-5-7-9-14)12-18-15(19)13-10-17-11-13/h5-9,13,17H,3-4,10-12H2,1-2H3,(H,18,19). The van der Waals surface area contributed by atoms with Gasteiger partial charge in [0.25, 0.3) is 0 Å². The molecule has 2 N–H and O–H groups in total. The molecular formula is C16H24N2O. The van der Waals surface area contributed by atoms with Crippen LogP contribution in [0.25, 0.3) is 0 Å². The Morgan fingerprint density at radius 2 is 1.89 bits per heavy atom. The first-order chi connectivity index (χ1) is 9.22. The number of rotatable bonds is 6. The fourth-order valence-corrected chi connectivity index (χ4v) is 2.68. The molecule has 0 aliphatic carbocycles. The monoisotopic (exact) mass is 260 g/mol. The molecule has 104 valence electrons. The van der Waals surface area contributed by atoms with E-state index in [-0.39, 0.29) is 17.2 Å². The summed E-state index contributed by atoms with van der Waals surface area (Å²) in [5.74, 6) is 0.364. The van der Waals surface area contributed by atoms with Gasteiger partial charge < -0.3 is 10.6 Å². The summed E-state index contributed by atoms with van der Waals surface area (Å²) in [6.45, 7) is 6.78. The summed E-state index contributed by atoms with van der Waals surface area (Å²) in [5, 5.41) is 6.29. The van der Waals surface area contributed by atoms with Crippen molar-refractivity contribution in [1.82, 2.24) is 10.6 Å². The smallest absolute Gasteiger partial charge is 0.225 e. The summed E-state index contributed by atoms with van der Waals surface area (Å²) in [6.07, 6.45) is 2.08. The van der Waals surface area contributed by atoms with Crippen molar-refractivity contribution in [3.05, 3.63) is 35.9 Å². The van der Waals surface area contributed by atoms with Gasteiger partial charge >= 0.3 is 0 Å². The zero-order valence-electron chi connectivity index (χ0n) is 11.9. The Balaban J connectivity index is 2.04. The molecule has 3 heteroatoms. The molecule has 1 aromatic rings. The van der Waals surface area contributed by atoms with Crippen LogP contribution in [0.3, 0.4) is 0 Å². The summed E-state index contributed by atoms with van der Waals surface area (Å²) < 4.78 is 0. The van der Waals surface area contributed by atoms with Crippen LogP contribution in [0.4, 0.5) is 0 Å². The second kappa shape index (κ2) is 6.20. The Morgan fingerprint density at radius 1 is 1.26 bits per heavy atom. The molecule has 1 amide bonds. The minimum Gasteiger partial charge on any atom is -0.355 e. The van der Waals surface area contributed by atoms with E-state index in [4.69, 9.17) is 0 Å². The van der Waals surface area contributed by atoms with Crippen LogP contribution in [-0.2, 0) is 10.2 Å². The van der Waals surface area contributed by atoms with Gasteiger partial charge in [0.2, 0.25) is 5.91 Å². The number of hydrogen-bond acceptors (Lipinski definition) is 2. The van der Waals surface area contributed by atoms with Crippen LogP contribution >= 0.6 is 0 Å². The molecule has 1 aliphatic rings. The van der Waals surface area contributed by atoms with Crippen molar-refractivity contribution in [2.45, 2.75) is 32.1 Å². The quantitative estimate of drug-likeness (QED) is 0.822. The second-order valence-electron chi connectivity index (χ2n) is 5.43. The Kier molecular flexibility index (Phi) is 4.59. The van der Waals surface area contributed by atoms with Gasteiger partial charge in [-0.25, -0.2) is 0 Å². The van der Waals surface area contributed by atoms with Crippen molar-refractivity contribution in [2.24, 2.45) is 5.92 Å². The summed E-state index contributed by atoms with van der Waals surface area (Å²) in [6, 6.07) is 10.5. The Bertz CT molecular complexity index is 408. The maximum Gasteiger partial charge on any atom is 0.225 e. The lowest BCUT2D eigenvalue weighted by atomic mass is 9.75. The highest BCUT2D eigenvalue weighted by atomic mass is 16.2. The molecule has 1 aliphatic heterocycles. The number of benzene rings is 1. The van der Waals surface area contributed by atoms with Crippen LogP contribution in [-0.4, -0.2) is 25.5 Å². The van der Waals surface area contributed by atoms with Crippen LogP contribution < -0.4 is 10.6 Å². The van der Waals surface area contributed by atoms with E-state index in [1.807, 2.05) is 6.07 Å². The highest BCUT2D eigenvalue weighted by molar-refractivity contribution is 5.80. The first-order valence-electron chi connectivity index (χ1n) is 7.26. The van der Waals surface area contributed by atoms with Gasteiger partial charge in [-0.05, 0) is 18.4 Å². The van der Waals surface area contributed by atoms with E-state index in [1.165, 1.54) is 5.56 Å². The predicted octanol–water partition coefficient (Wildman–Crippen LogP) is 2.08. The van der Waals surface area contributed by atoms with Crippen LogP contribution in [0.5, 0.6) is 0 Å². The lowest BCUT2D eigenvalue weighted by Crippen LogP contribution is -2.52. The zero-order valence-corrected chi connectivity index (χ0v) is 11.9. The Hall–Kier alpha value is -1.35. The van der Waals surface area contributed by atoms with Crippen molar-refractivity contribution in [3.63, 3.8) is 0 Å². The molecule has 1 aromatic carbocycles. The predicted molar refractivity (Wildman–Crippen MR) is 78.1 cm³/mol. The maximum atomic E-state index is 12.0. The van der Waals surface area contributed by atoms with Gasteiger partial charge in [-0.2, -0.15) is 0 Å². The lowest BCUT2D eigenvalue weighted by Gasteiger charge is -2.34. The van der Waals surface area contributed by atoms with E-state index in [2.05, 4.69) is 48.7 Å². The third kappa shape index (κ3) is 2.98. The number of hydrogen-bond donors (Lipinski definition) is 2. The molecule has 1 saturated heterocycles. The van der Waals surface area contributed by atoms with Gasteiger partial charge in [0.15, 0.2) is 0 Å². The minimum atomic E-state index is 0.0636. The second-order valence-corrected chi connectivity index (χ2v) is 5.43. The van der Waals surface area contributed by atoms with Crippen molar-refractivity contribution in [2.75, 3.05) is 19.6 Å². The zero-order chi connectivity index (χ0) is 13.7. The highest BCUT2D eigenvalue weighted by Gasteiger charge is 2.31. The van der Waals surface area contributed by atoms with Gasteiger partial charge in [-0.3, -0.25) is 4.79 Å². The van der Waals surface area contributed by atoms with E-state index < -0.39 is 0 Å². The number of carbonyl (C=O) groups is 1. The summed E-state index contributed by atoms with van der Waals surface area (Å²) in [4.78, 5) is 12.0. The van der Waals surface area contributed by atoms with E-state index in [0.717, 1.165) is 32.5 Å². The first-order valence-corrected chi connectivity index (χ1v) is 7.26. The van der Waals surface area contributed by atoms with Crippen molar-refractivity contribution in [3.8, 4) is 0 Å². The number of carbonyl (C=O) groups excluding carboxylic acids is 1. The maximum absolute atomic E-state index is 12.0. The summed E-state index contributed by atoms with van der Waals surface area (Å²) in [7, 11) is 0. The molecular weight excluding hydrogens is 236 g/mol. The average Bonchev–Trinajstić information content (AvgIpc) is 2.40. The normalized spacial score (nSPS) is 15.9. The summed E-state index contributed by atoms with van der Waals surface area (Å²) >= 11 is 0. The van der Waals surface area contributed by atoms with Crippen LogP contribution in [0, 0.1) is 5.92 Å². The molecule has 1 heterocycles. The molecule has 2 rings (SSSR count). The van der Waals surface area contributed by atoms with Crippen LogP contribution in [0.15, 0.2) is 30.3 Å². The third-order valence-corrected chi connectivity index (χ3v) is 4.49. The topological polar surface area (TPSA) is 41.1 Å². The van der Waals surface area contributed by atoms with Crippen molar-refractivity contribution in [1.29, 1.82) is 0 Å². The molecule has 3 nitrogen and oxygen atoms in total. The van der Waals surface area contributed by atoms with Gasteiger partial charge in [0.05, 0.1) is 5.92 Å². The molecule has 0 unspecified atom stereocenters. The largest absolute Gasteiger partial charge is 0.355 e. The molecule has 19 heavy (non-hydrogen) atoms. The first kappa shape index (κ1) is 14.1. The molecule has 0 spiro atoms. The Morgan fingerprint density at radius 3 is 2.37 bits per heavy atom. The fraction of sp³-hybridized carbons (Fsp3) is 0.562. The van der Waals surface area contributed by atoms with Crippen molar-refractivity contribution >= 4 is 5.91 Å². The fourth-order valence-electron chi connectivity index (χ4n) is 2.68. The van der Waals surface area contributed by atoms with Gasteiger partial charge in [0.1, 0.15) is 0 Å². The van der Waals surface area contributed by atoms with E-state index in [1.54, 1.807) is 0 Å². The van der Waals surface area contributed by atoms with Gasteiger partial charge in [-0.1, -0.05) is 44.2 Å². The van der Waals surface area contributed by atoms with E-state index in [0.29, 0.717) is 0 Å². The van der Waals surface area contributed by atoms with Crippen LogP contribution in [0.1, 0.15) is 32.3 Å². The molecule has 0 bridgehead atoms. The average molecular weight is 260 g/mol. The molecule has 0 radical (unpaired) electrons. The van der Waals surface area contributed by atoms with Gasteiger partial charge in [0, 0.05) is 25.0 Å². The Labute approximate surface area is 115 Å². The summed E-state index contributed by atoms with van der Waals surface area (Å²) in [5.41, 5.74) is 1.39. The molecule has 0 atom stereocenters. The molecule has 1 fully saturated rings. The highest BCUT2D eigenvalue weighted by Crippen LogP contribution is 2.30. The van der Waals surface area contributed by atoms with Crippen molar-refractivity contribution < 1.29 is 4.79 Å². The SMILES string of the molecule is CCC(CC)(CNC(=O)C1CNC1)c1ccccc1. The molecule has 0 saturated carbocycles. The van der Waals surface area contributed by atoms with Gasteiger partial charge in [-0.15, -0.1) is 0 Å². The minimum absolute atomic E-state index is 0.0636. The van der Waals surface area contributed by atoms with E-state index in [9.17, 15) is 4.79 Å². The molecule has 0 aromatic heterocycles. The third-order valence-electron chi connectivity index (χ3n) is 4.49. The number of nitrogens with one attached hydrogen (secondary N) is 2. The van der Waals surface area contributed by atoms with E-state index >= 15 is 0 Å².